The van der Waals surface area contributed by atoms with Crippen LogP contribution in [0.5, 0.6) is 0 Å². The SMILES string of the molecule is CC(=O)Nc1ccc(SC(C)C(=O)Nc2nc(-c3ccc(C)cc3)cs2)cc1. The molecule has 2 N–H and O–H groups in total. The summed E-state index contributed by atoms with van der Waals surface area (Å²) in [5.41, 5.74) is 3.82. The molecule has 0 aliphatic carbocycles. The smallest absolute Gasteiger partial charge is 0.239 e. The second-order valence-corrected chi connectivity index (χ2v) is 8.63. The number of benzene rings is 2. The van der Waals surface area contributed by atoms with Crippen molar-refractivity contribution in [2.75, 3.05) is 10.6 Å². The quantitative estimate of drug-likeness (QED) is 0.547. The average molecular weight is 412 g/mol. The maximum absolute atomic E-state index is 12.5. The summed E-state index contributed by atoms with van der Waals surface area (Å²) in [4.78, 5) is 29.0. The van der Waals surface area contributed by atoms with Crippen molar-refractivity contribution in [2.45, 2.75) is 30.9 Å². The number of amides is 2. The van der Waals surface area contributed by atoms with Crippen LogP contribution in [0.25, 0.3) is 11.3 Å². The van der Waals surface area contributed by atoms with E-state index in [2.05, 4.69) is 15.6 Å². The average Bonchev–Trinajstić information content (AvgIpc) is 3.12. The molecule has 0 saturated carbocycles. The summed E-state index contributed by atoms with van der Waals surface area (Å²) in [6.07, 6.45) is 0. The van der Waals surface area contributed by atoms with Gasteiger partial charge in [0.1, 0.15) is 0 Å². The van der Waals surface area contributed by atoms with E-state index in [1.807, 2.05) is 67.8 Å². The number of hydrogen-bond acceptors (Lipinski definition) is 5. The van der Waals surface area contributed by atoms with Gasteiger partial charge in [-0.05, 0) is 38.1 Å². The van der Waals surface area contributed by atoms with Crippen LogP contribution in [0.3, 0.4) is 0 Å². The van der Waals surface area contributed by atoms with Gasteiger partial charge in [0.05, 0.1) is 10.9 Å². The molecule has 7 heteroatoms. The normalized spacial score (nSPS) is 11.7. The Kier molecular flexibility index (Phi) is 6.49. The number of nitrogens with one attached hydrogen (secondary N) is 2. The maximum Gasteiger partial charge on any atom is 0.239 e. The summed E-state index contributed by atoms with van der Waals surface area (Å²) in [5, 5.41) is 7.87. The first-order valence-electron chi connectivity index (χ1n) is 8.78. The zero-order chi connectivity index (χ0) is 20.1. The molecule has 5 nitrogen and oxygen atoms in total. The van der Waals surface area contributed by atoms with Crippen molar-refractivity contribution in [3.63, 3.8) is 0 Å². The Balaban J connectivity index is 1.58. The van der Waals surface area contributed by atoms with E-state index in [1.165, 1.54) is 35.6 Å². The standard InChI is InChI=1S/C21H21N3O2S2/c1-13-4-6-16(7-5-13)19-12-27-21(23-19)24-20(26)14(2)28-18-10-8-17(9-11-18)22-15(3)25/h4-12,14H,1-3H3,(H,22,25)(H,23,24,26). The van der Waals surface area contributed by atoms with Crippen LogP contribution < -0.4 is 10.6 Å². The van der Waals surface area contributed by atoms with Crippen molar-refractivity contribution in [3.05, 3.63) is 59.5 Å². The second-order valence-electron chi connectivity index (χ2n) is 6.36. The molecular formula is C21H21N3O2S2. The number of thiazole rings is 1. The summed E-state index contributed by atoms with van der Waals surface area (Å²) < 4.78 is 0. The van der Waals surface area contributed by atoms with Gasteiger partial charge < -0.3 is 10.6 Å². The third kappa shape index (κ3) is 5.43. The monoisotopic (exact) mass is 411 g/mol. The summed E-state index contributed by atoms with van der Waals surface area (Å²) >= 11 is 2.87. The second kappa shape index (κ2) is 9.03. The number of hydrogen-bond donors (Lipinski definition) is 2. The predicted octanol–water partition coefficient (Wildman–Crippen LogP) is 5.20. The van der Waals surface area contributed by atoms with Crippen molar-refractivity contribution in [1.29, 1.82) is 0 Å². The molecular weight excluding hydrogens is 390 g/mol. The van der Waals surface area contributed by atoms with Crippen LogP contribution in [0.4, 0.5) is 10.8 Å². The highest BCUT2D eigenvalue weighted by atomic mass is 32.2. The van der Waals surface area contributed by atoms with Crippen LogP contribution in [-0.4, -0.2) is 22.0 Å². The number of aromatic nitrogens is 1. The Hall–Kier alpha value is -2.64. The van der Waals surface area contributed by atoms with E-state index >= 15 is 0 Å². The zero-order valence-corrected chi connectivity index (χ0v) is 17.5. The molecule has 0 bridgehead atoms. The molecule has 1 unspecified atom stereocenters. The van der Waals surface area contributed by atoms with E-state index in [0.717, 1.165) is 21.8 Å². The van der Waals surface area contributed by atoms with E-state index < -0.39 is 0 Å². The fourth-order valence-electron chi connectivity index (χ4n) is 2.47. The Morgan fingerprint density at radius 2 is 1.71 bits per heavy atom. The van der Waals surface area contributed by atoms with Gasteiger partial charge in [0, 0.05) is 28.5 Å². The van der Waals surface area contributed by atoms with Gasteiger partial charge in [0.25, 0.3) is 0 Å². The van der Waals surface area contributed by atoms with E-state index in [0.29, 0.717) is 5.13 Å². The lowest BCUT2D eigenvalue weighted by Gasteiger charge is -2.11. The molecule has 0 fully saturated rings. The molecule has 3 rings (SSSR count). The van der Waals surface area contributed by atoms with Crippen molar-refractivity contribution >= 4 is 45.7 Å². The Bertz CT molecular complexity index is 966. The topological polar surface area (TPSA) is 71.1 Å². The lowest BCUT2D eigenvalue weighted by molar-refractivity contribution is -0.115. The van der Waals surface area contributed by atoms with Crippen molar-refractivity contribution in [2.24, 2.45) is 0 Å². The molecule has 0 saturated heterocycles. The highest BCUT2D eigenvalue weighted by Gasteiger charge is 2.16. The Morgan fingerprint density at radius 3 is 2.36 bits per heavy atom. The Morgan fingerprint density at radius 1 is 1.04 bits per heavy atom. The molecule has 1 atom stereocenters. The first kappa shape index (κ1) is 20.1. The molecule has 2 aromatic carbocycles. The number of anilines is 2. The highest BCUT2D eigenvalue weighted by Crippen LogP contribution is 2.28. The first-order valence-corrected chi connectivity index (χ1v) is 10.5. The van der Waals surface area contributed by atoms with Crippen LogP contribution in [0, 0.1) is 6.92 Å². The van der Waals surface area contributed by atoms with Gasteiger partial charge in [-0.3, -0.25) is 9.59 Å². The van der Waals surface area contributed by atoms with E-state index in [1.54, 1.807) is 0 Å². The van der Waals surface area contributed by atoms with Gasteiger partial charge in [-0.2, -0.15) is 0 Å². The van der Waals surface area contributed by atoms with Crippen LogP contribution >= 0.6 is 23.1 Å². The minimum absolute atomic E-state index is 0.0965. The third-order valence-corrected chi connectivity index (χ3v) is 5.81. The first-order chi connectivity index (χ1) is 13.4. The molecule has 3 aromatic rings. The predicted molar refractivity (Wildman–Crippen MR) is 117 cm³/mol. The highest BCUT2D eigenvalue weighted by molar-refractivity contribution is 8.00. The van der Waals surface area contributed by atoms with Gasteiger partial charge in [0.2, 0.25) is 11.8 Å². The van der Waals surface area contributed by atoms with Crippen LogP contribution in [0.1, 0.15) is 19.4 Å². The van der Waals surface area contributed by atoms with Crippen molar-refractivity contribution in [1.82, 2.24) is 4.98 Å². The number of nitrogens with zero attached hydrogens (tertiary/aromatic N) is 1. The Labute approximate surface area is 172 Å². The van der Waals surface area contributed by atoms with E-state index in [-0.39, 0.29) is 17.1 Å². The lowest BCUT2D eigenvalue weighted by atomic mass is 10.1. The minimum Gasteiger partial charge on any atom is -0.326 e. The lowest BCUT2D eigenvalue weighted by Crippen LogP contribution is -2.22. The molecule has 0 radical (unpaired) electrons. The van der Waals surface area contributed by atoms with Crippen LogP contribution in [0.2, 0.25) is 0 Å². The number of carbonyl (C=O) groups is 2. The molecule has 2 amide bonds. The molecule has 1 heterocycles. The van der Waals surface area contributed by atoms with Crippen LogP contribution in [0.15, 0.2) is 58.8 Å². The molecule has 0 aliphatic rings. The molecule has 28 heavy (non-hydrogen) atoms. The maximum atomic E-state index is 12.5. The van der Waals surface area contributed by atoms with Gasteiger partial charge in [-0.15, -0.1) is 23.1 Å². The van der Waals surface area contributed by atoms with E-state index in [4.69, 9.17) is 0 Å². The van der Waals surface area contributed by atoms with Crippen molar-refractivity contribution < 1.29 is 9.59 Å². The van der Waals surface area contributed by atoms with Crippen LogP contribution in [-0.2, 0) is 9.59 Å². The third-order valence-electron chi connectivity index (χ3n) is 3.94. The summed E-state index contributed by atoms with van der Waals surface area (Å²) in [7, 11) is 0. The van der Waals surface area contributed by atoms with E-state index in [9.17, 15) is 9.59 Å². The molecule has 144 valence electrons. The fraction of sp³-hybridized carbons (Fsp3) is 0.190. The fourth-order valence-corrected chi connectivity index (χ4v) is 4.06. The summed E-state index contributed by atoms with van der Waals surface area (Å²) in [5.74, 6) is -0.206. The van der Waals surface area contributed by atoms with Crippen molar-refractivity contribution in [3.8, 4) is 11.3 Å². The van der Waals surface area contributed by atoms with Gasteiger partial charge in [-0.1, -0.05) is 29.8 Å². The minimum atomic E-state index is -0.279. The number of aryl methyl sites for hydroxylation is 1. The summed E-state index contributed by atoms with van der Waals surface area (Å²) in [6, 6.07) is 15.6. The summed E-state index contributed by atoms with van der Waals surface area (Å²) in [6.45, 7) is 5.37. The molecule has 1 aromatic heterocycles. The molecule has 0 aliphatic heterocycles. The van der Waals surface area contributed by atoms with Gasteiger partial charge >= 0.3 is 0 Å². The zero-order valence-electron chi connectivity index (χ0n) is 15.9. The number of carbonyl (C=O) groups excluding carboxylic acids is 2. The largest absolute Gasteiger partial charge is 0.326 e. The van der Waals surface area contributed by atoms with Gasteiger partial charge in [0.15, 0.2) is 5.13 Å². The number of rotatable bonds is 6. The van der Waals surface area contributed by atoms with Gasteiger partial charge in [-0.25, -0.2) is 4.98 Å². The molecule has 0 spiro atoms. The number of thioether (sulfide) groups is 1.